The largest absolute Gasteiger partial charge is 0.481 e. The summed E-state index contributed by atoms with van der Waals surface area (Å²) in [7, 11) is 0. The Balaban J connectivity index is 2.71. The summed E-state index contributed by atoms with van der Waals surface area (Å²) in [5, 5.41) is 20.0. The van der Waals surface area contributed by atoms with E-state index in [4.69, 9.17) is 15.9 Å². The van der Waals surface area contributed by atoms with Crippen LogP contribution in [0.4, 0.5) is 0 Å². The van der Waals surface area contributed by atoms with Crippen LogP contribution in [0.3, 0.4) is 0 Å². The number of carboxylic acid groups (broad SMARTS) is 2. The lowest BCUT2D eigenvalue weighted by Gasteiger charge is -2.27. The fourth-order valence-corrected chi connectivity index (χ4v) is 2.48. The molecule has 2 amide bonds. The van der Waals surface area contributed by atoms with Gasteiger partial charge in [-0.1, -0.05) is 6.92 Å². The summed E-state index contributed by atoms with van der Waals surface area (Å²) >= 11 is 0. The Bertz CT molecular complexity index is 481. The zero-order valence-electron chi connectivity index (χ0n) is 13.0. The molecule has 0 spiro atoms. The number of amides is 2. The van der Waals surface area contributed by atoms with Crippen molar-refractivity contribution in [2.24, 2.45) is 11.7 Å². The predicted molar refractivity (Wildman–Crippen MR) is 79.4 cm³/mol. The van der Waals surface area contributed by atoms with Crippen LogP contribution in [0.15, 0.2) is 0 Å². The van der Waals surface area contributed by atoms with Gasteiger partial charge in [-0.15, -0.1) is 0 Å². The second-order valence-electron chi connectivity index (χ2n) is 5.66. The average molecular weight is 329 g/mol. The Morgan fingerprint density at radius 2 is 1.96 bits per heavy atom. The molecule has 0 radical (unpaired) electrons. The second-order valence-corrected chi connectivity index (χ2v) is 5.66. The lowest BCUT2D eigenvalue weighted by molar-refractivity contribution is -0.145. The fourth-order valence-electron chi connectivity index (χ4n) is 2.48. The van der Waals surface area contributed by atoms with Crippen molar-refractivity contribution in [3.8, 4) is 0 Å². The molecule has 1 unspecified atom stereocenters. The molecule has 1 fully saturated rings. The van der Waals surface area contributed by atoms with Crippen LogP contribution in [0, 0.1) is 5.92 Å². The van der Waals surface area contributed by atoms with Gasteiger partial charge in [0.05, 0.1) is 0 Å². The van der Waals surface area contributed by atoms with Gasteiger partial charge < -0.3 is 26.2 Å². The van der Waals surface area contributed by atoms with Crippen molar-refractivity contribution in [1.82, 2.24) is 10.2 Å². The number of nitrogens with two attached hydrogens (primary N) is 1. The first kappa shape index (κ1) is 18.9. The van der Waals surface area contributed by atoms with Crippen molar-refractivity contribution in [3.05, 3.63) is 0 Å². The van der Waals surface area contributed by atoms with Gasteiger partial charge in [0.25, 0.3) is 0 Å². The molecule has 3 atom stereocenters. The second kappa shape index (κ2) is 8.47. The predicted octanol–water partition coefficient (Wildman–Crippen LogP) is -0.994. The minimum absolute atomic E-state index is 0.167. The highest BCUT2D eigenvalue weighted by atomic mass is 16.4. The van der Waals surface area contributed by atoms with Crippen LogP contribution in [-0.2, 0) is 19.2 Å². The number of carbonyl (C=O) groups excluding carboxylic acids is 2. The van der Waals surface area contributed by atoms with Gasteiger partial charge in [0.1, 0.15) is 12.1 Å². The summed E-state index contributed by atoms with van der Waals surface area (Å²) in [5.74, 6) is -3.66. The number of nitrogens with zero attached hydrogens (tertiary/aromatic N) is 1. The van der Waals surface area contributed by atoms with Crippen LogP contribution in [0.25, 0.3) is 0 Å². The molecule has 0 aliphatic carbocycles. The first-order chi connectivity index (χ1) is 10.8. The number of rotatable bonds is 8. The monoisotopic (exact) mass is 329 g/mol. The molecule has 0 aromatic rings. The van der Waals surface area contributed by atoms with Crippen LogP contribution in [-0.4, -0.2) is 64.0 Å². The number of carbonyl (C=O) groups is 4. The van der Waals surface area contributed by atoms with E-state index >= 15 is 0 Å². The maximum absolute atomic E-state index is 12.3. The molecular formula is C14H23N3O6. The molecule has 23 heavy (non-hydrogen) atoms. The summed E-state index contributed by atoms with van der Waals surface area (Å²) in [6.45, 7) is 2.26. The molecule has 1 heterocycles. The molecule has 1 saturated heterocycles. The standard InChI is InChI=1S/C14H23N3O6/c1-8(7-15)13(21)17-6-2-3-10(17)12(20)16-9(14(22)23)4-5-11(18)19/h8-10H,2-7,15H2,1H3,(H,16,20)(H,18,19)(H,22,23)/t8?,9-,10-/m0/s1. The van der Waals surface area contributed by atoms with E-state index in [9.17, 15) is 19.2 Å². The number of carboxylic acids is 2. The molecular weight excluding hydrogens is 306 g/mol. The summed E-state index contributed by atoms with van der Waals surface area (Å²) in [5.41, 5.74) is 5.47. The quantitative estimate of drug-likeness (QED) is 0.446. The van der Waals surface area contributed by atoms with Crippen LogP contribution in [0.2, 0.25) is 0 Å². The SMILES string of the molecule is CC(CN)C(=O)N1CCC[C@H]1C(=O)N[C@@H](CCC(=O)O)C(=O)O. The smallest absolute Gasteiger partial charge is 0.326 e. The number of nitrogens with one attached hydrogen (secondary N) is 1. The van der Waals surface area contributed by atoms with Gasteiger partial charge >= 0.3 is 11.9 Å². The van der Waals surface area contributed by atoms with Gasteiger partial charge in [-0.25, -0.2) is 4.79 Å². The van der Waals surface area contributed by atoms with Gasteiger partial charge in [-0.05, 0) is 19.3 Å². The molecule has 1 aliphatic heterocycles. The van der Waals surface area contributed by atoms with Crippen LogP contribution in [0.1, 0.15) is 32.6 Å². The molecule has 0 aromatic heterocycles. The molecule has 5 N–H and O–H groups in total. The third-order valence-corrected chi connectivity index (χ3v) is 3.88. The molecule has 130 valence electrons. The van der Waals surface area contributed by atoms with Crippen LogP contribution < -0.4 is 11.1 Å². The van der Waals surface area contributed by atoms with Crippen molar-refractivity contribution >= 4 is 23.8 Å². The maximum Gasteiger partial charge on any atom is 0.326 e. The minimum atomic E-state index is -1.30. The molecule has 9 nitrogen and oxygen atoms in total. The van der Waals surface area contributed by atoms with E-state index in [2.05, 4.69) is 5.32 Å². The Morgan fingerprint density at radius 3 is 2.48 bits per heavy atom. The summed E-state index contributed by atoms with van der Waals surface area (Å²) in [4.78, 5) is 47.6. The van der Waals surface area contributed by atoms with E-state index < -0.39 is 35.8 Å². The summed E-state index contributed by atoms with van der Waals surface area (Å²) < 4.78 is 0. The average Bonchev–Trinajstić information content (AvgIpc) is 2.98. The molecule has 0 bridgehead atoms. The number of aliphatic carboxylic acids is 2. The Morgan fingerprint density at radius 1 is 1.30 bits per heavy atom. The first-order valence-corrected chi connectivity index (χ1v) is 7.53. The summed E-state index contributed by atoms with van der Waals surface area (Å²) in [6, 6.07) is -2.02. The van der Waals surface area contributed by atoms with Gasteiger partial charge in [0.2, 0.25) is 11.8 Å². The van der Waals surface area contributed by atoms with E-state index in [0.29, 0.717) is 19.4 Å². The highest BCUT2D eigenvalue weighted by molar-refractivity contribution is 5.91. The molecule has 0 aromatic carbocycles. The molecule has 9 heteroatoms. The zero-order chi connectivity index (χ0) is 17.6. The summed E-state index contributed by atoms with van der Waals surface area (Å²) in [6.07, 6.45) is 0.513. The van der Waals surface area contributed by atoms with Crippen molar-refractivity contribution < 1.29 is 29.4 Å². The molecule has 0 saturated carbocycles. The van der Waals surface area contributed by atoms with E-state index in [1.165, 1.54) is 4.90 Å². The minimum Gasteiger partial charge on any atom is -0.481 e. The van der Waals surface area contributed by atoms with Gasteiger partial charge in [0.15, 0.2) is 0 Å². The first-order valence-electron chi connectivity index (χ1n) is 7.53. The molecule has 1 aliphatic rings. The number of likely N-dealkylation sites (tertiary alicyclic amines) is 1. The van der Waals surface area contributed by atoms with Gasteiger partial charge in [-0.3, -0.25) is 14.4 Å². The topological polar surface area (TPSA) is 150 Å². The van der Waals surface area contributed by atoms with Gasteiger partial charge in [0, 0.05) is 25.4 Å². The Kier molecular flexibility index (Phi) is 6.95. The van der Waals surface area contributed by atoms with Crippen molar-refractivity contribution in [3.63, 3.8) is 0 Å². The number of hydrogen-bond acceptors (Lipinski definition) is 5. The van der Waals surface area contributed by atoms with Crippen LogP contribution in [0.5, 0.6) is 0 Å². The van der Waals surface area contributed by atoms with Crippen molar-refractivity contribution in [2.75, 3.05) is 13.1 Å². The van der Waals surface area contributed by atoms with Crippen molar-refractivity contribution in [2.45, 2.75) is 44.7 Å². The van der Waals surface area contributed by atoms with Crippen molar-refractivity contribution in [1.29, 1.82) is 0 Å². The third kappa shape index (κ3) is 5.20. The van der Waals surface area contributed by atoms with E-state index in [1.807, 2.05) is 0 Å². The van der Waals surface area contributed by atoms with E-state index in [-0.39, 0.29) is 25.3 Å². The maximum atomic E-state index is 12.3. The normalized spacial score (nSPS) is 19.9. The fraction of sp³-hybridized carbons (Fsp3) is 0.714. The zero-order valence-corrected chi connectivity index (χ0v) is 13.0. The Labute approximate surface area is 133 Å². The van der Waals surface area contributed by atoms with E-state index in [1.54, 1.807) is 6.92 Å². The van der Waals surface area contributed by atoms with Gasteiger partial charge in [-0.2, -0.15) is 0 Å². The van der Waals surface area contributed by atoms with Crippen LogP contribution >= 0.6 is 0 Å². The highest BCUT2D eigenvalue weighted by Crippen LogP contribution is 2.20. The lowest BCUT2D eigenvalue weighted by Crippen LogP contribution is -2.52. The Hall–Kier alpha value is -2.16. The third-order valence-electron chi connectivity index (χ3n) is 3.88. The lowest BCUT2D eigenvalue weighted by atomic mass is 10.1. The number of hydrogen-bond donors (Lipinski definition) is 4. The van der Waals surface area contributed by atoms with E-state index in [0.717, 1.165) is 0 Å². The highest BCUT2D eigenvalue weighted by Gasteiger charge is 2.37. The molecule has 1 rings (SSSR count).